The molecular weight excluding hydrogens is 463 g/mol. The summed E-state index contributed by atoms with van der Waals surface area (Å²) in [5, 5.41) is 12.1. The quantitative estimate of drug-likeness (QED) is 0.357. The Balaban J connectivity index is 1.74. The summed E-state index contributed by atoms with van der Waals surface area (Å²) in [5.41, 5.74) is 1.65. The van der Waals surface area contributed by atoms with Gasteiger partial charge >= 0.3 is 0 Å². The number of guanidine groups is 1. The molecule has 1 heterocycles. The van der Waals surface area contributed by atoms with Crippen molar-refractivity contribution >= 4 is 45.4 Å². The van der Waals surface area contributed by atoms with Gasteiger partial charge in [0.25, 0.3) is 10.2 Å². The lowest BCUT2D eigenvalue weighted by Crippen LogP contribution is -2.37. The Labute approximate surface area is 190 Å². The molecule has 0 saturated heterocycles. The molecule has 0 radical (unpaired) electrons. The molecule has 0 spiro atoms. The van der Waals surface area contributed by atoms with Gasteiger partial charge in [-0.05, 0) is 53.9 Å². The van der Waals surface area contributed by atoms with Gasteiger partial charge in [0.15, 0.2) is 0 Å². The van der Waals surface area contributed by atoms with Gasteiger partial charge < -0.3 is 0 Å². The van der Waals surface area contributed by atoms with Crippen molar-refractivity contribution < 1.29 is 12.8 Å². The van der Waals surface area contributed by atoms with Gasteiger partial charge in [0.1, 0.15) is 5.82 Å². The topological polar surface area (TPSA) is 103 Å². The normalized spacial score (nSPS) is 14.8. The average molecular weight is 485 g/mol. The maximum absolute atomic E-state index is 13.2. The third-order valence-electron chi connectivity index (χ3n) is 4.41. The second kappa shape index (κ2) is 10.4. The third-order valence-corrected chi connectivity index (χ3v) is 6.50. The van der Waals surface area contributed by atoms with Gasteiger partial charge in [0.2, 0.25) is 5.96 Å². The molecule has 0 amide bonds. The summed E-state index contributed by atoms with van der Waals surface area (Å²) < 4.78 is 40.2. The van der Waals surface area contributed by atoms with Gasteiger partial charge in [-0.1, -0.05) is 23.7 Å². The first kappa shape index (κ1) is 23.5. The number of nitrogens with two attached hydrogens (primary N) is 1. The lowest BCUT2D eigenvalue weighted by Gasteiger charge is -2.18. The summed E-state index contributed by atoms with van der Waals surface area (Å²) in [6.45, 7) is 0.886. The Morgan fingerprint density at radius 1 is 1.29 bits per heavy atom. The Morgan fingerprint density at radius 3 is 2.61 bits per heavy atom. The number of aliphatic imine (C=N–C) groups is 1. The fourth-order valence-corrected chi connectivity index (χ4v) is 3.77. The molecule has 2 aromatic carbocycles. The van der Waals surface area contributed by atoms with Crippen LogP contribution in [0.5, 0.6) is 0 Å². The van der Waals surface area contributed by atoms with Crippen molar-refractivity contribution in [3.05, 3.63) is 64.9 Å². The van der Waals surface area contributed by atoms with Crippen LogP contribution in [0, 0.1) is 5.82 Å². The predicted molar refractivity (Wildman–Crippen MR) is 123 cm³/mol. The minimum absolute atomic E-state index is 0.123. The third kappa shape index (κ3) is 6.91. The van der Waals surface area contributed by atoms with E-state index in [2.05, 4.69) is 14.8 Å². The SMILES string of the molecule is CN(CCN=C(NSc1ccc(Cl)cc1)N1CCC(c2ccc(F)cc2)=N1)S(N)(=O)=O. The lowest BCUT2D eigenvalue weighted by atomic mass is 10.1. The van der Waals surface area contributed by atoms with Crippen LogP contribution >= 0.6 is 23.5 Å². The van der Waals surface area contributed by atoms with Gasteiger partial charge in [0, 0.05) is 29.9 Å². The largest absolute Gasteiger partial charge is 0.295 e. The first-order valence-electron chi connectivity index (χ1n) is 9.30. The summed E-state index contributed by atoms with van der Waals surface area (Å²) >= 11 is 7.26. The highest BCUT2D eigenvalue weighted by Gasteiger charge is 2.21. The van der Waals surface area contributed by atoms with Crippen molar-refractivity contribution in [2.24, 2.45) is 15.2 Å². The van der Waals surface area contributed by atoms with E-state index in [9.17, 15) is 12.8 Å². The summed E-state index contributed by atoms with van der Waals surface area (Å²) in [5.74, 6) is 0.168. The van der Waals surface area contributed by atoms with Crippen molar-refractivity contribution in [2.75, 3.05) is 26.7 Å². The van der Waals surface area contributed by atoms with Gasteiger partial charge in [-0.3, -0.25) is 4.72 Å². The van der Waals surface area contributed by atoms with Crippen molar-refractivity contribution in [3.8, 4) is 0 Å². The maximum atomic E-state index is 13.2. The molecule has 3 N–H and O–H groups in total. The van der Waals surface area contributed by atoms with Crippen LogP contribution in [0.1, 0.15) is 12.0 Å². The number of rotatable bonds is 7. The zero-order valence-electron chi connectivity index (χ0n) is 16.7. The molecule has 0 aliphatic carbocycles. The second-order valence-electron chi connectivity index (χ2n) is 6.66. The number of nitrogens with one attached hydrogen (secondary N) is 1. The van der Waals surface area contributed by atoms with E-state index >= 15 is 0 Å². The Morgan fingerprint density at radius 2 is 1.97 bits per heavy atom. The highest BCUT2D eigenvalue weighted by molar-refractivity contribution is 7.98. The van der Waals surface area contributed by atoms with E-state index in [0.29, 0.717) is 23.9 Å². The molecule has 0 saturated carbocycles. The van der Waals surface area contributed by atoms with Crippen LogP contribution < -0.4 is 9.86 Å². The van der Waals surface area contributed by atoms with E-state index in [4.69, 9.17) is 16.7 Å². The number of hydrazone groups is 1. The molecule has 0 bridgehead atoms. The van der Waals surface area contributed by atoms with Gasteiger partial charge in [-0.2, -0.15) is 17.8 Å². The van der Waals surface area contributed by atoms with Crippen LogP contribution in [0.2, 0.25) is 5.02 Å². The van der Waals surface area contributed by atoms with Crippen LogP contribution in [0.3, 0.4) is 0 Å². The van der Waals surface area contributed by atoms with Crippen molar-refractivity contribution in [2.45, 2.75) is 11.3 Å². The minimum Gasteiger partial charge on any atom is -0.295 e. The molecule has 3 rings (SSSR count). The first-order valence-corrected chi connectivity index (χ1v) is 12.0. The van der Waals surface area contributed by atoms with Gasteiger partial charge in [-0.25, -0.2) is 19.5 Å². The van der Waals surface area contributed by atoms with Gasteiger partial charge in [0.05, 0.1) is 18.8 Å². The summed E-state index contributed by atoms with van der Waals surface area (Å²) in [7, 11) is -2.38. The molecule has 2 aromatic rings. The number of benzene rings is 2. The van der Waals surface area contributed by atoms with Crippen LogP contribution in [0.25, 0.3) is 0 Å². The predicted octanol–water partition coefficient (Wildman–Crippen LogP) is 2.68. The first-order chi connectivity index (χ1) is 14.7. The smallest absolute Gasteiger partial charge is 0.276 e. The van der Waals surface area contributed by atoms with E-state index in [-0.39, 0.29) is 18.9 Å². The zero-order valence-corrected chi connectivity index (χ0v) is 19.1. The zero-order chi connectivity index (χ0) is 22.4. The summed E-state index contributed by atoms with van der Waals surface area (Å²) in [6, 6.07) is 13.5. The van der Waals surface area contributed by atoms with Crippen LogP contribution in [0.15, 0.2) is 63.5 Å². The maximum Gasteiger partial charge on any atom is 0.276 e. The Kier molecular flexibility index (Phi) is 7.89. The molecular formula is C19H22ClFN6O2S2. The highest BCUT2D eigenvalue weighted by Crippen LogP contribution is 2.20. The monoisotopic (exact) mass is 484 g/mol. The van der Waals surface area contributed by atoms with Crippen molar-refractivity contribution in [1.82, 2.24) is 14.0 Å². The molecule has 0 aromatic heterocycles. The molecule has 1 aliphatic heterocycles. The van der Waals surface area contributed by atoms with Gasteiger partial charge in [-0.15, -0.1) is 0 Å². The lowest BCUT2D eigenvalue weighted by molar-refractivity contribution is 0.464. The minimum atomic E-state index is -3.77. The molecule has 8 nitrogen and oxygen atoms in total. The van der Waals surface area contributed by atoms with E-state index in [0.717, 1.165) is 20.5 Å². The van der Waals surface area contributed by atoms with Crippen LogP contribution in [-0.4, -0.2) is 56.1 Å². The molecule has 0 unspecified atom stereocenters. The van der Waals surface area contributed by atoms with E-state index < -0.39 is 10.2 Å². The summed E-state index contributed by atoms with van der Waals surface area (Å²) in [6.07, 6.45) is 0.662. The van der Waals surface area contributed by atoms with E-state index in [1.54, 1.807) is 29.3 Å². The number of hydrogen-bond donors (Lipinski definition) is 2. The standard InChI is InChI=1S/C19H22ClFN6O2S2/c1-26(31(22,28)29)13-11-23-19(25-30-17-8-4-15(20)5-9-17)27-12-10-18(24-27)14-2-6-16(21)7-3-14/h2-9H,10-13H2,1H3,(H,23,25)(H2,22,28,29). The van der Waals surface area contributed by atoms with Crippen LogP contribution in [0.4, 0.5) is 4.39 Å². The number of nitrogens with zero attached hydrogens (tertiary/aromatic N) is 4. The summed E-state index contributed by atoms with van der Waals surface area (Å²) in [4.78, 5) is 5.41. The molecule has 31 heavy (non-hydrogen) atoms. The molecule has 12 heteroatoms. The molecule has 0 fully saturated rings. The van der Waals surface area contributed by atoms with Crippen molar-refractivity contribution in [3.63, 3.8) is 0 Å². The molecule has 0 atom stereocenters. The van der Waals surface area contributed by atoms with Crippen molar-refractivity contribution in [1.29, 1.82) is 0 Å². The van der Waals surface area contributed by atoms with E-state index in [1.807, 2.05) is 12.1 Å². The fourth-order valence-electron chi connectivity index (χ4n) is 2.65. The second-order valence-corrected chi connectivity index (χ2v) is 9.63. The van der Waals surface area contributed by atoms with E-state index in [1.165, 1.54) is 31.1 Å². The molecule has 166 valence electrons. The number of likely N-dealkylation sites (N-methyl/N-ethyl adjacent to an activating group) is 1. The number of hydrogen-bond acceptors (Lipinski definition) is 5. The number of halogens is 2. The van der Waals surface area contributed by atoms with Crippen LogP contribution in [-0.2, 0) is 10.2 Å². The Bertz CT molecular complexity index is 1060. The molecule has 1 aliphatic rings. The highest BCUT2D eigenvalue weighted by atomic mass is 35.5. The fraction of sp³-hybridized carbons (Fsp3) is 0.263. The Hall–Kier alpha value is -2.18. The average Bonchev–Trinajstić information content (AvgIpc) is 3.21.